The minimum absolute atomic E-state index is 0.0508. The van der Waals surface area contributed by atoms with Crippen molar-refractivity contribution in [2.45, 2.75) is 18.9 Å². The number of pyridine rings is 1. The van der Waals surface area contributed by atoms with Gasteiger partial charge in [-0.2, -0.15) is 10.2 Å². The zero-order valence-electron chi connectivity index (χ0n) is 15.3. The van der Waals surface area contributed by atoms with Crippen LogP contribution in [0.3, 0.4) is 0 Å². The summed E-state index contributed by atoms with van der Waals surface area (Å²) in [6.45, 7) is -0.243. The number of hydrogen-bond acceptors (Lipinski definition) is 4. The molecule has 0 bridgehead atoms. The Hall–Kier alpha value is -3.43. The summed E-state index contributed by atoms with van der Waals surface area (Å²) in [5.74, 6) is -3.71. The molecule has 1 aliphatic carbocycles. The largest absolute Gasteiger partial charge is 0.476 e. The third kappa shape index (κ3) is 2.27. The number of benzene rings is 1. The van der Waals surface area contributed by atoms with E-state index in [9.17, 15) is 13.2 Å². The molecule has 152 valence electrons. The first kappa shape index (κ1) is 17.4. The highest BCUT2D eigenvalue weighted by Crippen LogP contribution is 2.63. The molecule has 2 aliphatic rings. The summed E-state index contributed by atoms with van der Waals surface area (Å²) in [6, 6.07) is 5.51. The van der Waals surface area contributed by atoms with Crippen molar-refractivity contribution in [3.8, 4) is 28.3 Å². The number of aromatic amines is 1. The molecule has 1 unspecified atom stereocenters. The van der Waals surface area contributed by atoms with E-state index in [0.29, 0.717) is 27.9 Å². The Morgan fingerprint density at radius 2 is 1.83 bits per heavy atom. The summed E-state index contributed by atoms with van der Waals surface area (Å²) < 4.78 is 63.5. The second kappa shape index (κ2) is 5.59. The maximum absolute atomic E-state index is 15.0. The summed E-state index contributed by atoms with van der Waals surface area (Å²) in [5.41, 5.74) is 0.308. The molecule has 1 spiro atoms. The zero-order valence-corrected chi connectivity index (χ0v) is 15.3. The van der Waals surface area contributed by atoms with Crippen molar-refractivity contribution in [1.29, 1.82) is 0 Å². The molecule has 1 aromatic carbocycles. The first-order valence-corrected chi connectivity index (χ1v) is 9.24. The third-order valence-electron chi connectivity index (χ3n) is 5.86. The van der Waals surface area contributed by atoms with Gasteiger partial charge in [-0.05, 0) is 24.3 Å². The van der Waals surface area contributed by atoms with Crippen molar-refractivity contribution in [2.24, 2.45) is 5.41 Å². The lowest BCUT2D eigenvalue weighted by Gasteiger charge is -2.24. The van der Waals surface area contributed by atoms with Crippen molar-refractivity contribution >= 4 is 11.0 Å². The minimum atomic E-state index is -2.83. The van der Waals surface area contributed by atoms with Crippen LogP contribution in [0.2, 0.25) is 0 Å². The molecule has 0 radical (unpaired) electrons. The van der Waals surface area contributed by atoms with Gasteiger partial charge in [-0.15, -0.1) is 0 Å². The van der Waals surface area contributed by atoms with Gasteiger partial charge in [0, 0.05) is 22.9 Å². The molecule has 1 N–H and O–H groups in total. The normalized spacial score (nSPS) is 21.6. The second-order valence-electron chi connectivity index (χ2n) is 7.76. The van der Waals surface area contributed by atoms with Crippen LogP contribution in [0, 0.1) is 17.0 Å². The van der Waals surface area contributed by atoms with Gasteiger partial charge in [-0.25, -0.2) is 27.2 Å². The lowest BCUT2D eigenvalue weighted by molar-refractivity contribution is 0.0153. The van der Waals surface area contributed by atoms with Crippen molar-refractivity contribution in [3.63, 3.8) is 0 Å². The van der Waals surface area contributed by atoms with Gasteiger partial charge in [-0.1, -0.05) is 0 Å². The number of alkyl halides is 2. The average Bonchev–Trinajstić information content (AvgIpc) is 3.09. The molecule has 1 aliphatic heterocycles. The fraction of sp³-hybridized carbons (Fsp3) is 0.250. The van der Waals surface area contributed by atoms with Crippen LogP contribution >= 0.6 is 0 Å². The van der Waals surface area contributed by atoms with E-state index in [1.54, 1.807) is 0 Å². The number of halogens is 4. The van der Waals surface area contributed by atoms with Crippen LogP contribution < -0.4 is 4.74 Å². The number of H-pyrrole nitrogens is 1. The predicted molar refractivity (Wildman–Crippen MR) is 98.0 cm³/mol. The Bertz CT molecular complexity index is 1310. The SMILES string of the molecule is Fc1ccc(-c2nn3c(c2-c2c(F)cnc4[nH]ncc24)OCC2(C3)CC2(F)F)cc1. The van der Waals surface area contributed by atoms with Gasteiger partial charge in [0.2, 0.25) is 5.88 Å². The average molecular weight is 415 g/mol. The van der Waals surface area contributed by atoms with Crippen LogP contribution in [-0.4, -0.2) is 37.5 Å². The Balaban J connectivity index is 1.62. The number of aromatic nitrogens is 5. The van der Waals surface area contributed by atoms with Crippen molar-refractivity contribution < 1.29 is 22.3 Å². The van der Waals surface area contributed by atoms with E-state index in [0.717, 1.165) is 6.20 Å². The van der Waals surface area contributed by atoms with Gasteiger partial charge in [0.05, 0.1) is 29.9 Å². The summed E-state index contributed by atoms with van der Waals surface area (Å²) in [6.07, 6.45) is 2.20. The molecule has 1 fully saturated rings. The van der Waals surface area contributed by atoms with Crippen LogP contribution in [0.25, 0.3) is 33.4 Å². The van der Waals surface area contributed by atoms with Gasteiger partial charge in [-0.3, -0.25) is 5.10 Å². The Morgan fingerprint density at radius 1 is 1.07 bits per heavy atom. The molecule has 0 amide bonds. The highest BCUT2D eigenvalue weighted by Gasteiger charge is 2.73. The molecule has 6 rings (SSSR count). The van der Waals surface area contributed by atoms with Crippen LogP contribution in [0.15, 0.2) is 36.7 Å². The lowest BCUT2D eigenvalue weighted by Crippen LogP contribution is -2.31. The first-order chi connectivity index (χ1) is 14.4. The number of ether oxygens (including phenoxy) is 1. The van der Waals surface area contributed by atoms with Crippen molar-refractivity contribution in [1.82, 2.24) is 25.0 Å². The number of fused-ring (bicyclic) bond motifs is 2. The minimum Gasteiger partial charge on any atom is -0.476 e. The van der Waals surface area contributed by atoms with Gasteiger partial charge in [0.15, 0.2) is 5.65 Å². The molecule has 3 aromatic heterocycles. The van der Waals surface area contributed by atoms with Crippen LogP contribution in [0.5, 0.6) is 5.88 Å². The molecule has 1 atom stereocenters. The molecule has 0 saturated heterocycles. The molecule has 30 heavy (non-hydrogen) atoms. The number of nitrogens with one attached hydrogen (secondary N) is 1. The number of nitrogens with zero attached hydrogens (tertiary/aromatic N) is 4. The summed E-state index contributed by atoms with van der Waals surface area (Å²) in [4.78, 5) is 3.98. The van der Waals surface area contributed by atoms with E-state index in [1.165, 1.54) is 35.1 Å². The van der Waals surface area contributed by atoms with E-state index < -0.39 is 23.0 Å². The van der Waals surface area contributed by atoms with E-state index in [4.69, 9.17) is 4.74 Å². The van der Waals surface area contributed by atoms with Crippen molar-refractivity contribution in [3.05, 3.63) is 48.3 Å². The maximum atomic E-state index is 15.0. The Kier molecular flexibility index (Phi) is 3.25. The van der Waals surface area contributed by atoms with Crippen LogP contribution in [-0.2, 0) is 6.54 Å². The zero-order chi connectivity index (χ0) is 20.7. The van der Waals surface area contributed by atoms with Crippen LogP contribution in [0.4, 0.5) is 17.6 Å². The lowest BCUT2D eigenvalue weighted by atomic mass is 9.99. The summed E-state index contributed by atoms with van der Waals surface area (Å²) in [5, 5.41) is 11.5. The Morgan fingerprint density at radius 3 is 2.57 bits per heavy atom. The first-order valence-electron chi connectivity index (χ1n) is 9.24. The van der Waals surface area contributed by atoms with E-state index in [2.05, 4.69) is 20.3 Å². The molecular weight excluding hydrogens is 402 g/mol. The molecular formula is C20H13F4N5O. The fourth-order valence-corrected chi connectivity index (χ4v) is 4.11. The van der Waals surface area contributed by atoms with Gasteiger partial charge in [0.1, 0.15) is 23.9 Å². The smallest absolute Gasteiger partial charge is 0.259 e. The maximum Gasteiger partial charge on any atom is 0.259 e. The van der Waals surface area contributed by atoms with Crippen LogP contribution in [0.1, 0.15) is 6.42 Å². The predicted octanol–water partition coefficient (Wildman–Crippen LogP) is 4.18. The monoisotopic (exact) mass is 415 g/mol. The molecule has 10 heteroatoms. The third-order valence-corrected chi connectivity index (χ3v) is 5.86. The van der Waals surface area contributed by atoms with Crippen molar-refractivity contribution in [2.75, 3.05) is 6.61 Å². The van der Waals surface area contributed by atoms with Gasteiger partial charge in [0.25, 0.3) is 5.92 Å². The number of rotatable bonds is 2. The Labute approximate surface area is 166 Å². The molecule has 6 nitrogen and oxygen atoms in total. The number of hydrogen-bond donors (Lipinski definition) is 1. The quantitative estimate of drug-likeness (QED) is 0.499. The fourth-order valence-electron chi connectivity index (χ4n) is 4.11. The van der Waals surface area contributed by atoms with E-state index >= 15 is 4.39 Å². The highest BCUT2D eigenvalue weighted by atomic mass is 19.3. The molecule has 4 heterocycles. The molecule has 1 saturated carbocycles. The highest BCUT2D eigenvalue weighted by molar-refractivity contribution is 5.98. The standard InChI is InChI=1S/C20H13F4N5O/c21-11-3-1-10(2-4-11)16-15(14-12-5-26-27-17(12)25-6-13(14)22)18-29(28-16)8-19(9-30-18)7-20(19,23)24/h1-6H,7-9H2,(H,25,26,27). The van der Waals surface area contributed by atoms with Gasteiger partial charge < -0.3 is 4.74 Å². The van der Waals surface area contributed by atoms with E-state index in [1.807, 2.05) is 0 Å². The topological polar surface area (TPSA) is 68.6 Å². The van der Waals surface area contributed by atoms with Gasteiger partial charge >= 0.3 is 0 Å². The molecule has 4 aromatic rings. The van der Waals surface area contributed by atoms with E-state index in [-0.39, 0.29) is 31.0 Å². The summed E-state index contributed by atoms with van der Waals surface area (Å²) >= 11 is 0. The summed E-state index contributed by atoms with van der Waals surface area (Å²) in [7, 11) is 0. The second-order valence-corrected chi connectivity index (χ2v) is 7.76.